The van der Waals surface area contributed by atoms with Gasteiger partial charge in [-0.25, -0.2) is 9.59 Å². The van der Waals surface area contributed by atoms with Crippen LogP contribution in [0.2, 0.25) is 0 Å². The quantitative estimate of drug-likeness (QED) is 0.0981. The van der Waals surface area contributed by atoms with Gasteiger partial charge < -0.3 is 43.4 Å². The molecule has 7 aliphatic rings. The second-order valence-corrected chi connectivity index (χ2v) is 26.0. The lowest BCUT2D eigenvalue weighted by Crippen LogP contribution is -2.38. The highest BCUT2D eigenvalue weighted by molar-refractivity contribution is 6.03. The minimum atomic E-state index is -0.362. The van der Waals surface area contributed by atoms with Crippen molar-refractivity contribution in [1.29, 1.82) is 0 Å². The number of methoxy groups -OCH3 is 1. The predicted octanol–water partition coefficient (Wildman–Crippen LogP) is 16.2. The number of carbonyl (C=O) groups excluding carboxylic acids is 4. The van der Waals surface area contributed by atoms with E-state index in [4.69, 9.17) is 33.2 Å². The number of phenolic OH excluding ortho intramolecular Hbond substituents is 1. The molecule has 4 saturated carbocycles. The number of hydrogen-bond acceptors (Lipinski definition) is 13. The zero-order valence-electron chi connectivity index (χ0n) is 51.8. The first-order valence-corrected chi connectivity index (χ1v) is 30.4. The lowest BCUT2D eigenvalue weighted by molar-refractivity contribution is -0.151. The van der Waals surface area contributed by atoms with Crippen molar-refractivity contribution in [2.24, 2.45) is 33.5 Å². The molecular formula is C75H86O13. The Morgan fingerprint density at radius 3 is 1.57 bits per heavy atom. The number of rotatable bonds is 10. The number of aliphatic hydroxyl groups excluding tert-OH is 1. The first kappa shape index (κ1) is 64.3. The van der Waals surface area contributed by atoms with Crippen molar-refractivity contribution in [3.63, 3.8) is 0 Å². The van der Waals surface area contributed by atoms with E-state index < -0.39 is 0 Å². The molecule has 4 fully saturated rings. The molecule has 464 valence electrons. The molecule has 4 aliphatic carbocycles. The number of aromatic hydroxyl groups is 1. The maximum Gasteiger partial charge on any atom is 0.331 e. The number of fused-ring (bicyclic) bond motifs is 7. The largest absolute Gasteiger partial charge is 0.507 e. The molecule has 2 N–H and O–H groups in total. The lowest BCUT2D eigenvalue weighted by Gasteiger charge is -2.38. The number of ether oxygens (including phenoxy) is 7. The van der Waals surface area contributed by atoms with E-state index in [1.54, 1.807) is 25.3 Å². The Hall–Kier alpha value is -8.16. The van der Waals surface area contributed by atoms with Crippen LogP contribution in [-0.4, -0.2) is 59.8 Å². The third-order valence-corrected chi connectivity index (χ3v) is 20.5. The summed E-state index contributed by atoms with van der Waals surface area (Å²) in [5.74, 6) is 3.67. The van der Waals surface area contributed by atoms with Gasteiger partial charge in [-0.1, -0.05) is 145 Å². The number of aryl methyl sites for hydroxylation is 3. The summed E-state index contributed by atoms with van der Waals surface area (Å²) < 4.78 is 39.5. The van der Waals surface area contributed by atoms with Crippen LogP contribution in [0.5, 0.6) is 34.5 Å². The number of ketones is 2. The molecule has 8 unspecified atom stereocenters. The van der Waals surface area contributed by atoms with Crippen molar-refractivity contribution in [2.75, 3.05) is 13.9 Å². The maximum absolute atomic E-state index is 12.5. The molecule has 88 heavy (non-hydrogen) atoms. The number of esters is 2. The molecule has 3 heterocycles. The van der Waals surface area contributed by atoms with Gasteiger partial charge in [0.1, 0.15) is 58.5 Å². The average Bonchev–Trinajstić information content (AvgIpc) is 1.64. The number of aliphatic hydroxyl groups is 1. The number of benzene rings is 6. The normalized spacial score (nSPS) is 25.0. The molecule has 13 nitrogen and oxygen atoms in total. The standard InChI is InChI=1S/C20H24O4.C19H24O2.C18H18O3.C17H16O4.CH4/c1-19(2)14-8-9-20(19,3)17(11-14)24-18(21)7-5-13-4-6-15-16(10-13)23-12-22-15;1-18(2)15-11-12-19(18,3)16(13-15)21-17(20)10-9-14-7-5-4-6-8-14;1-11-4-6-13(7-5-11)15-10-14(19)18-16(20-3)8-12(2)9-17(18)21-15;1-10-2-4-12(5-3-10)15-8-14(20)17-13(19)6-11(9-18)7-16(17)21-15;/h4-7,10,14,17H,8-9,11-12H2,1-3H3;4-10,15-16H,11-13H2,1-3H3;4-9,15H,10H2,1-3H3;2-7,15,18-19H,8-9H2,1H3;1H4/b7-5+;10-9+;;;. The summed E-state index contributed by atoms with van der Waals surface area (Å²) in [6.07, 6.45) is 13.6. The van der Waals surface area contributed by atoms with Crippen LogP contribution in [0.1, 0.15) is 178 Å². The van der Waals surface area contributed by atoms with Gasteiger partial charge in [-0.3, -0.25) is 9.59 Å². The van der Waals surface area contributed by atoms with Gasteiger partial charge in [-0.15, -0.1) is 0 Å². The summed E-state index contributed by atoms with van der Waals surface area (Å²) >= 11 is 0. The van der Waals surface area contributed by atoms with E-state index in [9.17, 15) is 29.4 Å². The third kappa shape index (κ3) is 13.2. The molecule has 0 spiro atoms. The van der Waals surface area contributed by atoms with E-state index >= 15 is 0 Å². The monoisotopic (exact) mass is 1190 g/mol. The van der Waals surface area contributed by atoms with Crippen LogP contribution in [-0.2, 0) is 25.7 Å². The first-order valence-electron chi connectivity index (χ1n) is 30.4. The number of carbonyl (C=O) groups is 4. The van der Waals surface area contributed by atoms with E-state index in [1.165, 1.54) is 37.0 Å². The summed E-state index contributed by atoms with van der Waals surface area (Å²) in [6.45, 7) is 19.9. The predicted molar refractivity (Wildman–Crippen MR) is 341 cm³/mol. The Morgan fingerprint density at radius 2 is 1.08 bits per heavy atom. The molecule has 6 aromatic carbocycles. The Bertz CT molecular complexity index is 3530. The highest BCUT2D eigenvalue weighted by Crippen LogP contribution is 2.67. The second kappa shape index (κ2) is 26.3. The fraction of sp³-hybridized carbons (Fsp3) is 0.413. The highest BCUT2D eigenvalue weighted by atomic mass is 16.7. The summed E-state index contributed by atoms with van der Waals surface area (Å²) in [6, 6.07) is 38.2. The van der Waals surface area contributed by atoms with Gasteiger partial charge in [0.15, 0.2) is 23.1 Å². The fourth-order valence-corrected chi connectivity index (χ4v) is 14.1. The van der Waals surface area contributed by atoms with Crippen molar-refractivity contribution in [1.82, 2.24) is 0 Å². The van der Waals surface area contributed by atoms with Crippen LogP contribution in [0.3, 0.4) is 0 Å². The zero-order chi connectivity index (χ0) is 62.0. The minimum absolute atomic E-state index is 0. The van der Waals surface area contributed by atoms with E-state index in [1.807, 2.05) is 136 Å². The number of Topliss-reactive ketones (excluding diaryl/α,β-unsaturated/α-hetero) is 2. The molecule has 4 bridgehead atoms. The van der Waals surface area contributed by atoms with E-state index in [0.29, 0.717) is 52.4 Å². The minimum Gasteiger partial charge on any atom is -0.507 e. The Labute approximate surface area is 519 Å². The van der Waals surface area contributed by atoms with Gasteiger partial charge in [0.05, 0.1) is 26.6 Å². The van der Waals surface area contributed by atoms with Crippen LogP contribution in [0.15, 0.2) is 133 Å². The SMILES string of the molecule is C.CC1(C)C2CCC1(C)C(OC(=O)/C=C/c1ccc3c(c1)OCO3)C2.CC1(C)C2CCC1(C)C(OC(=O)/C=C/c1ccccc1)C2.COc1cc(C)cc2c1C(=O)CC(c1ccc(C)cc1)O2.Cc1ccc(C2CC(=O)c3c(O)cc(CO)cc3O2)cc1. The van der Waals surface area contributed by atoms with Crippen molar-refractivity contribution < 1.29 is 62.5 Å². The topological polar surface area (TPSA) is 173 Å². The molecule has 0 saturated heterocycles. The molecule has 0 radical (unpaired) electrons. The van der Waals surface area contributed by atoms with Gasteiger partial charge in [0.25, 0.3) is 0 Å². The first-order chi connectivity index (χ1) is 41.5. The Morgan fingerprint density at radius 1 is 0.580 bits per heavy atom. The van der Waals surface area contributed by atoms with Crippen LogP contribution < -0.4 is 23.7 Å². The molecule has 13 rings (SSSR count). The summed E-state index contributed by atoms with van der Waals surface area (Å²) in [4.78, 5) is 49.1. The van der Waals surface area contributed by atoms with E-state index in [0.717, 1.165) is 58.4 Å². The van der Waals surface area contributed by atoms with Gasteiger partial charge in [-0.2, -0.15) is 0 Å². The average molecular weight is 1200 g/mol. The van der Waals surface area contributed by atoms with Crippen LogP contribution >= 0.6 is 0 Å². The zero-order valence-corrected chi connectivity index (χ0v) is 51.8. The van der Waals surface area contributed by atoms with Crippen molar-refractivity contribution in [3.05, 3.63) is 189 Å². The molecule has 3 aliphatic heterocycles. The van der Waals surface area contributed by atoms with Crippen molar-refractivity contribution in [2.45, 2.75) is 152 Å². The van der Waals surface area contributed by atoms with Crippen LogP contribution in [0, 0.1) is 54.3 Å². The molecule has 8 atom stereocenters. The number of phenols is 1. The summed E-state index contributed by atoms with van der Waals surface area (Å²) in [5, 5.41) is 19.1. The number of hydrogen-bond donors (Lipinski definition) is 2. The summed E-state index contributed by atoms with van der Waals surface area (Å²) in [5.41, 5.74) is 9.26. The van der Waals surface area contributed by atoms with Gasteiger partial charge in [0, 0.05) is 23.0 Å². The third-order valence-electron chi connectivity index (χ3n) is 20.5. The Balaban J connectivity index is 0.000000139. The lowest BCUT2D eigenvalue weighted by atomic mass is 9.70. The second-order valence-electron chi connectivity index (χ2n) is 26.0. The molecule has 6 aromatic rings. The molecule has 0 amide bonds. The highest BCUT2D eigenvalue weighted by Gasteiger charge is 2.64. The van der Waals surface area contributed by atoms with Gasteiger partial charge in [-0.05, 0) is 164 Å². The van der Waals surface area contributed by atoms with Crippen LogP contribution in [0.4, 0.5) is 0 Å². The van der Waals surface area contributed by atoms with Gasteiger partial charge in [0.2, 0.25) is 6.79 Å². The van der Waals surface area contributed by atoms with Gasteiger partial charge >= 0.3 is 11.9 Å². The summed E-state index contributed by atoms with van der Waals surface area (Å²) in [7, 11) is 1.58. The molecule has 0 aromatic heterocycles. The van der Waals surface area contributed by atoms with Crippen molar-refractivity contribution in [3.8, 4) is 34.5 Å². The van der Waals surface area contributed by atoms with Crippen LogP contribution in [0.25, 0.3) is 12.2 Å². The van der Waals surface area contributed by atoms with E-state index in [2.05, 4.69) is 41.5 Å². The molecule has 13 heteroatoms. The maximum atomic E-state index is 12.5. The van der Waals surface area contributed by atoms with E-state index in [-0.39, 0.29) is 108 Å². The molecular weight excluding hydrogens is 1110 g/mol. The smallest absolute Gasteiger partial charge is 0.331 e. The fourth-order valence-electron chi connectivity index (χ4n) is 14.1. The Kier molecular flexibility index (Phi) is 19.2. The van der Waals surface area contributed by atoms with Crippen molar-refractivity contribution >= 4 is 35.7 Å².